The molecule has 0 heterocycles. The first-order chi connectivity index (χ1) is 17.2. The van der Waals surface area contributed by atoms with Crippen molar-refractivity contribution in [3.05, 3.63) is 101 Å². The van der Waals surface area contributed by atoms with Gasteiger partial charge in [-0.05, 0) is 48.6 Å². The predicted octanol–water partition coefficient (Wildman–Crippen LogP) is 5.27. The summed E-state index contributed by atoms with van der Waals surface area (Å²) in [5.41, 5.74) is 5.12. The highest BCUT2D eigenvalue weighted by Crippen LogP contribution is 2.20. The van der Waals surface area contributed by atoms with Crippen LogP contribution in [-0.4, -0.2) is 36.4 Å². The predicted molar refractivity (Wildman–Crippen MR) is 145 cm³/mol. The Morgan fingerprint density at radius 3 is 2.17 bits per heavy atom. The van der Waals surface area contributed by atoms with Crippen LogP contribution in [0, 0.1) is 19.8 Å². The van der Waals surface area contributed by atoms with Gasteiger partial charge in [-0.3, -0.25) is 9.59 Å². The summed E-state index contributed by atoms with van der Waals surface area (Å²) in [6.07, 6.45) is 0.669. The molecule has 5 heteroatoms. The number of aryl methyl sites for hydroxylation is 2. The SMILES string of the molecule is COc1cccc(CN(C(=O)Cc2cc(C)cc(C)c2)C(Cc2ccccc2)C(=O)NCC(C)C)c1. The van der Waals surface area contributed by atoms with Crippen LogP contribution in [0.15, 0.2) is 72.8 Å². The molecule has 0 fully saturated rings. The Bertz CT molecular complexity index is 1140. The molecule has 0 spiro atoms. The Morgan fingerprint density at radius 2 is 1.53 bits per heavy atom. The first-order valence-electron chi connectivity index (χ1n) is 12.6. The molecule has 3 aromatic rings. The maximum absolute atomic E-state index is 13.9. The molecule has 0 saturated heterocycles. The highest BCUT2D eigenvalue weighted by Gasteiger charge is 2.30. The summed E-state index contributed by atoms with van der Waals surface area (Å²) >= 11 is 0. The van der Waals surface area contributed by atoms with Crippen LogP contribution >= 0.6 is 0 Å². The van der Waals surface area contributed by atoms with Crippen molar-refractivity contribution in [1.29, 1.82) is 0 Å². The maximum Gasteiger partial charge on any atom is 0.243 e. The molecule has 2 amide bonds. The molecule has 190 valence electrons. The lowest BCUT2D eigenvalue weighted by Crippen LogP contribution is -2.51. The van der Waals surface area contributed by atoms with Gasteiger partial charge in [-0.2, -0.15) is 0 Å². The van der Waals surface area contributed by atoms with Gasteiger partial charge in [-0.1, -0.05) is 85.6 Å². The zero-order valence-electron chi connectivity index (χ0n) is 22.1. The summed E-state index contributed by atoms with van der Waals surface area (Å²) in [6, 6.07) is 23.1. The van der Waals surface area contributed by atoms with E-state index >= 15 is 0 Å². The average molecular weight is 487 g/mol. The molecule has 5 nitrogen and oxygen atoms in total. The molecule has 3 rings (SSSR count). The van der Waals surface area contributed by atoms with E-state index in [1.54, 1.807) is 12.0 Å². The molecule has 0 aliphatic carbocycles. The van der Waals surface area contributed by atoms with Crippen LogP contribution < -0.4 is 10.1 Å². The minimum atomic E-state index is -0.643. The van der Waals surface area contributed by atoms with Gasteiger partial charge < -0.3 is 15.0 Å². The summed E-state index contributed by atoms with van der Waals surface area (Å²) in [5, 5.41) is 3.07. The van der Waals surface area contributed by atoms with E-state index in [0.29, 0.717) is 25.4 Å². The van der Waals surface area contributed by atoms with Gasteiger partial charge in [0.1, 0.15) is 11.8 Å². The number of ether oxygens (including phenoxy) is 1. The fraction of sp³-hybridized carbons (Fsp3) is 0.355. The van der Waals surface area contributed by atoms with Gasteiger partial charge in [-0.15, -0.1) is 0 Å². The summed E-state index contributed by atoms with van der Waals surface area (Å²) in [6.45, 7) is 9.06. The van der Waals surface area contributed by atoms with Crippen LogP contribution in [0.25, 0.3) is 0 Å². The van der Waals surface area contributed by atoms with Crippen molar-refractivity contribution < 1.29 is 14.3 Å². The van der Waals surface area contributed by atoms with Crippen molar-refractivity contribution in [3.8, 4) is 5.75 Å². The molecule has 0 aromatic heterocycles. The number of nitrogens with zero attached hydrogens (tertiary/aromatic N) is 1. The van der Waals surface area contributed by atoms with Gasteiger partial charge >= 0.3 is 0 Å². The van der Waals surface area contributed by atoms with Gasteiger partial charge in [0, 0.05) is 19.5 Å². The summed E-state index contributed by atoms with van der Waals surface area (Å²) in [5.74, 6) is 0.815. The molecule has 0 aliphatic rings. The van der Waals surface area contributed by atoms with E-state index in [4.69, 9.17) is 4.74 Å². The third-order valence-electron chi connectivity index (χ3n) is 6.08. The minimum absolute atomic E-state index is 0.0801. The topological polar surface area (TPSA) is 58.6 Å². The van der Waals surface area contributed by atoms with E-state index in [9.17, 15) is 9.59 Å². The number of rotatable bonds is 11. The number of hydrogen-bond acceptors (Lipinski definition) is 3. The highest BCUT2D eigenvalue weighted by molar-refractivity contribution is 5.88. The van der Waals surface area contributed by atoms with Gasteiger partial charge in [0.05, 0.1) is 13.5 Å². The Morgan fingerprint density at radius 1 is 0.861 bits per heavy atom. The molecule has 1 N–H and O–H groups in total. The lowest BCUT2D eigenvalue weighted by molar-refractivity contribution is -0.140. The second-order valence-electron chi connectivity index (χ2n) is 9.89. The number of amides is 2. The van der Waals surface area contributed by atoms with E-state index < -0.39 is 6.04 Å². The third kappa shape index (κ3) is 7.98. The largest absolute Gasteiger partial charge is 0.497 e. The van der Waals surface area contributed by atoms with Crippen molar-refractivity contribution in [2.45, 2.75) is 53.1 Å². The van der Waals surface area contributed by atoms with E-state index in [-0.39, 0.29) is 18.2 Å². The van der Waals surface area contributed by atoms with Crippen LogP contribution in [0.4, 0.5) is 0 Å². The Kier molecular flexibility index (Phi) is 9.69. The Balaban J connectivity index is 1.99. The zero-order valence-corrected chi connectivity index (χ0v) is 22.1. The summed E-state index contributed by atoms with van der Waals surface area (Å²) in [7, 11) is 1.62. The van der Waals surface area contributed by atoms with Crippen LogP contribution in [0.1, 0.15) is 41.7 Å². The molecule has 0 aliphatic heterocycles. The second-order valence-corrected chi connectivity index (χ2v) is 9.89. The van der Waals surface area contributed by atoms with E-state index in [1.165, 1.54) is 0 Å². The van der Waals surface area contributed by atoms with Crippen molar-refractivity contribution in [2.24, 2.45) is 5.92 Å². The van der Waals surface area contributed by atoms with Crippen molar-refractivity contribution >= 4 is 11.8 Å². The van der Waals surface area contributed by atoms with Crippen LogP contribution in [0.5, 0.6) is 5.75 Å². The zero-order chi connectivity index (χ0) is 26.1. The molecule has 3 aromatic carbocycles. The summed E-state index contributed by atoms with van der Waals surface area (Å²) < 4.78 is 5.40. The molecule has 0 bridgehead atoms. The normalized spacial score (nSPS) is 11.7. The van der Waals surface area contributed by atoms with Crippen molar-refractivity contribution in [2.75, 3.05) is 13.7 Å². The number of carbonyl (C=O) groups is 2. The monoisotopic (exact) mass is 486 g/mol. The lowest BCUT2D eigenvalue weighted by atomic mass is 10.00. The number of nitrogens with one attached hydrogen (secondary N) is 1. The van der Waals surface area contributed by atoms with Gasteiger partial charge in [0.25, 0.3) is 0 Å². The number of methoxy groups -OCH3 is 1. The smallest absolute Gasteiger partial charge is 0.243 e. The van der Waals surface area contributed by atoms with Gasteiger partial charge in [0.2, 0.25) is 11.8 Å². The third-order valence-corrected chi connectivity index (χ3v) is 6.08. The number of benzene rings is 3. The molecule has 36 heavy (non-hydrogen) atoms. The molecule has 1 unspecified atom stereocenters. The quantitative estimate of drug-likeness (QED) is 0.402. The molecule has 0 radical (unpaired) electrons. The van der Waals surface area contributed by atoms with Crippen molar-refractivity contribution in [3.63, 3.8) is 0 Å². The molecular formula is C31H38N2O3. The fourth-order valence-corrected chi connectivity index (χ4v) is 4.39. The van der Waals surface area contributed by atoms with Crippen molar-refractivity contribution in [1.82, 2.24) is 10.2 Å². The Labute approximate surface area is 215 Å². The minimum Gasteiger partial charge on any atom is -0.497 e. The lowest BCUT2D eigenvalue weighted by Gasteiger charge is -2.32. The maximum atomic E-state index is 13.9. The standard InChI is InChI=1S/C31H38N2O3/c1-22(2)20-32-31(35)29(18-25-10-7-6-8-11-25)33(21-26-12-9-13-28(17-26)36-5)30(34)19-27-15-23(3)14-24(4)16-27/h6-17,22,29H,18-21H2,1-5H3,(H,32,35). The first kappa shape index (κ1) is 27.0. The van der Waals surface area contributed by atoms with Crippen LogP contribution in [-0.2, 0) is 29.0 Å². The van der Waals surface area contributed by atoms with E-state index in [0.717, 1.165) is 33.6 Å². The molecule has 0 saturated carbocycles. The first-order valence-corrected chi connectivity index (χ1v) is 12.6. The fourth-order valence-electron chi connectivity index (χ4n) is 4.39. The molecule has 1 atom stereocenters. The summed E-state index contributed by atoms with van der Waals surface area (Å²) in [4.78, 5) is 29.2. The van der Waals surface area contributed by atoms with E-state index in [2.05, 4.69) is 25.2 Å². The number of hydrogen-bond donors (Lipinski definition) is 1. The number of carbonyl (C=O) groups excluding carboxylic acids is 2. The average Bonchev–Trinajstić information content (AvgIpc) is 2.84. The van der Waals surface area contributed by atoms with Crippen LogP contribution in [0.3, 0.4) is 0 Å². The van der Waals surface area contributed by atoms with Crippen LogP contribution in [0.2, 0.25) is 0 Å². The van der Waals surface area contributed by atoms with E-state index in [1.807, 2.05) is 80.6 Å². The van der Waals surface area contributed by atoms with Gasteiger partial charge in [-0.25, -0.2) is 0 Å². The molecular weight excluding hydrogens is 448 g/mol. The highest BCUT2D eigenvalue weighted by atomic mass is 16.5. The Hall–Kier alpha value is -3.60. The van der Waals surface area contributed by atoms with Gasteiger partial charge in [0.15, 0.2) is 0 Å². The second kappa shape index (κ2) is 12.9.